The Morgan fingerprint density at radius 2 is 0.615 bits per heavy atom. The van der Waals surface area contributed by atoms with Crippen molar-refractivity contribution >= 4 is 7.25 Å². The summed E-state index contributed by atoms with van der Waals surface area (Å²) in [4.78, 5) is 0. The summed E-state index contributed by atoms with van der Waals surface area (Å²) in [6.07, 6.45) is 14.0. The van der Waals surface area contributed by atoms with E-state index in [2.05, 4.69) is 65.8 Å². The second-order valence-electron chi connectivity index (χ2n) is 6.34. The SMILES string of the molecule is C1=CCCC=CCC1.Cc1c(C)c(C)c(C)c(C)c1C.F[B-](F)(F)F.[Rh]. The van der Waals surface area contributed by atoms with E-state index in [9.17, 15) is 17.3 Å². The average Bonchev–Trinajstić information content (AvgIpc) is 2.47. The Morgan fingerprint density at radius 1 is 0.500 bits per heavy atom. The third kappa shape index (κ3) is 11.7. The third-order valence-electron chi connectivity index (χ3n) is 4.71. The molecule has 0 atom stereocenters. The van der Waals surface area contributed by atoms with Crippen LogP contribution in [0.15, 0.2) is 24.3 Å². The molecule has 1 aromatic carbocycles. The van der Waals surface area contributed by atoms with Crippen LogP contribution in [0.5, 0.6) is 0 Å². The molecule has 0 fully saturated rings. The summed E-state index contributed by atoms with van der Waals surface area (Å²) in [5.74, 6) is 0. The Morgan fingerprint density at radius 3 is 0.731 bits per heavy atom. The van der Waals surface area contributed by atoms with Crippen molar-refractivity contribution in [1.82, 2.24) is 0 Å². The fourth-order valence-corrected chi connectivity index (χ4v) is 2.54. The zero-order chi connectivity index (χ0) is 19.6. The number of allylic oxidation sites excluding steroid dienone is 4. The van der Waals surface area contributed by atoms with E-state index in [0.29, 0.717) is 0 Å². The molecule has 0 aromatic heterocycles. The number of hydrogen-bond donors (Lipinski definition) is 0. The first kappa shape index (κ1) is 27.3. The molecule has 26 heavy (non-hydrogen) atoms. The summed E-state index contributed by atoms with van der Waals surface area (Å²) in [5, 5.41) is 0. The molecular weight excluding hydrogens is 430 g/mol. The van der Waals surface area contributed by atoms with Crippen LogP contribution in [-0.2, 0) is 19.5 Å². The summed E-state index contributed by atoms with van der Waals surface area (Å²) in [7, 11) is -6.00. The summed E-state index contributed by atoms with van der Waals surface area (Å²) in [5.41, 5.74) is 8.73. The van der Waals surface area contributed by atoms with Crippen molar-refractivity contribution < 1.29 is 36.7 Å². The molecular formula is C20H30BF4Rh-. The topological polar surface area (TPSA) is 0 Å². The van der Waals surface area contributed by atoms with Crippen molar-refractivity contribution in [2.75, 3.05) is 0 Å². The van der Waals surface area contributed by atoms with Crippen LogP contribution in [0, 0.1) is 41.5 Å². The van der Waals surface area contributed by atoms with Gasteiger partial charge in [-0.15, -0.1) is 0 Å². The van der Waals surface area contributed by atoms with Crippen molar-refractivity contribution in [3.63, 3.8) is 0 Å². The van der Waals surface area contributed by atoms with Crippen molar-refractivity contribution in [2.45, 2.75) is 67.2 Å². The van der Waals surface area contributed by atoms with Crippen LogP contribution in [0.1, 0.15) is 59.1 Å². The first-order valence-electron chi connectivity index (χ1n) is 8.67. The fraction of sp³-hybridized carbons (Fsp3) is 0.500. The quantitative estimate of drug-likeness (QED) is 0.214. The number of hydrogen-bond acceptors (Lipinski definition) is 0. The van der Waals surface area contributed by atoms with Gasteiger partial charge in [-0.2, -0.15) is 0 Å². The van der Waals surface area contributed by atoms with Crippen LogP contribution >= 0.6 is 0 Å². The van der Waals surface area contributed by atoms with Crippen LogP contribution in [-0.4, -0.2) is 7.25 Å². The Balaban J connectivity index is 0. The van der Waals surface area contributed by atoms with Crippen LogP contribution in [0.3, 0.4) is 0 Å². The van der Waals surface area contributed by atoms with E-state index in [-0.39, 0.29) is 19.5 Å². The zero-order valence-corrected chi connectivity index (χ0v) is 18.2. The molecule has 6 heteroatoms. The second kappa shape index (κ2) is 13.3. The molecule has 0 aliphatic heterocycles. The molecule has 0 amide bonds. The summed E-state index contributed by atoms with van der Waals surface area (Å²) >= 11 is 0. The Kier molecular flexibility index (Phi) is 14.0. The van der Waals surface area contributed by atoms with Crippen LogP contribution < -0.4 is 0 Å². The van der Waals surface area contributed by atoms with E-state index in [0.717, 1.165) is 0 Å². The van der Waals surface area contributed by atoms with Gasteiger partial charge in [-0.25, -0.2) is 0 Å². The van der Waals surface area contributed by atoms with Crippen LogP contribution in [0.4, 0.5) is 17.3 Å². The second-order valence-corrected chi connectivity index (χ2v) is 6.34. The van der Waals surface area contributed by atoms with Gasteiger partial charge < -0.3 is 17.3 Å². The molecule has 0 nitrogen and oxygen atoms in total. The van der Waals surface area contributed by atoms with Crippen molar-refractivity contribution in [1.29, 1.82) is 0 Å². The molecule has 0 heterocycles. The van der Waals surface area contributed by atoms with Crippen LogP contribution in [0.25, 0.3) is 0 Å². The van der Waals surface area contributed by atoms with Gasteiger partial charge in [-0.05, 0) is 101 Å². The predicted octanol–water partition coefficient (Wildman–Crippen LogP) is 7.51. The van der Waals surface area contributed by atoms with Gasteiger partial charge in [0.25, 0.3) is 0 Å². The molecule has 1 radical (unpaired) electrons. The molecule has 0 spiro atoms. The maximum absolute atomic E-state index is 9.75. The van der Waals surface area contributed by atoms with Gasteiger partial charge in [0.15, 0.2) is 0 Å². The van der Waals surface area contributed by atoms with Gasteiger partial charge in [0, 0.05) is 19.5 Å². The van der Waals surface area contributed by atoms with Gasteiger partial charge in [0.2, 0.25) is 0 Å². The fourth-order valence-electron chi connectivity index (χ4n) is 2.54. The first-order chi connectivity index (χ1) is 11.5. The smallest absolute Gasteiger partial charge is 0.418 e. The van der Waals surface area contributed by atoms with E-state index < -0.39 is 7.25 Å². The Bertz CT molecular complexity index is 468. The number of rotatable bonds is 0. The van der Waals surface area contributed by atoms with Gasteiger partial charge in [0.05, 0.1) is 0 Å². The summed E-state index contributed by atoms with van der Waals surface area (Å²) < 4.78 is 39.0. The molecule has 1 aromatic rings. The predicted molar refractivity (Wildman–Crippen MR) is 102 cm³/mol. The Labute approximate surface area is 169 Å². The first-order valence-corrected chi connectivity index (χ1v) is 8.67. The molecule has 151 valence electrons. The minimum absolute atomic E-state index is 0. The van der Waals surface area contributed by atoms with Gasteiger partial charge in [-0.3, -0.25) is 0 Å². The van der Waals surface area contributed by atoms with Crippen LogP contribution in [0.2, 0.25) is 0 Å². The third-order valence-corrected chi connectivity index (χ3v) is 4.71. The molecule has 0 saturated heterocycles. The standard InChI is InChI=1S/C12H18.C8H12.BF4.Rh/c1-7-8(2)10(4)12(6)11(5)9(7)3;1-2-4-6-8-7-5-3-1;2-1(3,4)5;/h1-6H3;1-2,7-8H,3-6H2;;/q;;-1;. The van der Waals surface area contributed by atoms with E-state index in [1.54, 1.807) is 0 Å². The monoisotopic (exact) mass is 460 g/mol. The molecule has 1 aliphatic rings. The number of halogens is 4. The molecule has 1 aliphatic carbocycles. The maximum Gasteiger partial charge on any atom is 0.673 e. The maximum atomic E-state index is 9.75. The summed E-state index contributed by atoms with van der Waals surface area (Å²) in [6.45, 7) is 13.3. The molecule has 0 saturated carbocycles. The van der Waals surface area contributed by atoms with E-state index in [1.807, 2.05) is 0 Å². The van der Waals surface area contributed by atoms with Crippen molar-refractivity contribution in [2.24, 2.45) is 0 Å². The summed E-state index contributed by atoms with van der Waals surface area (Å²) in [6, 6.07) is 0. The van der Waals surface area contributed by atoms with E-state index in [4.69, 9.17) is 0 Å². The van der Waals surface area contributed by atoms with Crippen molar-refractivity contribution in [3.8, 4) is 0 Å². The van der Waals surface area contributed by atoms with Gasteiger partial charge in [-0.1, -0.05) is 24.3 Å². The van der Waals surface area contributed by atoms with Gasteiger partial charge >= 0.3 is 7.25 Å². The normalized spacial score (nSPS) is 13.3. The van der Waals surface area contributed by atoms with Gasteiger partial charge in [0.1, 0.15) is 0 Å². The molecule has 2 rings (SSSR count). The minimum Gasteiger partial charge on any atom is -0.418 e. The number of benzene rings is 1. The van der Waals surface area contributed by atoms with Crippen molar-refractivity contribution in [3.05, 3.63) is 57.7 Å². The van der Waals surface area contributed by atoms with E-state index >= 15 is 0 Å². The Hall–Kier alpha value is -0.892. The average molecular weight is 460 g/mol. The van der Waals surface area contributed by atoms with E-state index in [1.165, 1.54) is 59.1 Å². The zero-order valence-electron chi connectivity index (χ0n) is 16.6. The minimum atomic E-state index is -6.00. The largest absolute Gasteiger partial charge is 0.673 e. The molecule has 0 unspecified atom stereocenters. The molecule has 0 bridgehead atoms. The molecule has 0 N–H and O–H groups in total.